The van der Waals surface area contributed by atoms with E-state index in [-0.39, 0.29) is 36.5 Å². The number of carboxylic acid groups (broad SMARTS) is 1. The van der Waals surface area contributed by atoms with Gasteiger partial charge in [-0.2, -0.15) is 11.8 Å². The lowest BCUT2D eigenvalue weighted by atomic mass is 10.0. The lowest BCUT2D eigenvalue weighted by molar-refractivity contribution is -0.137. The van der Waals surface area contributed by atoms with Gasteiger partial charge in [-0.3, -0.25) is 9.59 Å². The summed E-state index contributed by atoms with van der Waals surface area (Å²) in [4.78, 5) is 33.5. The van der Waals surface area contributed by atoms with Gasteiger partial charge in [0.05, 0.1) is 18.5 Å². The zero-order valence-corrected chi connectivity index (χ0v) is 13.4. The summed E-state index contributed by atoms with van der Waals surface area (Å²) in [7, 11) is 0. The number of thioether (sulfide) groups is 1. The van der Waals surface area contributed by atoms with Gasteiger partial charge >= 0.3 is 12.0 Å². The molecule has 124 valence electrons. The maximum atomic E-state index is 11.7. The van der Waals surface area contributed by atoms with Crippen molar-refractivity contribution in [2.24, 2.45) is 0 Å². The number of carbonyl (C=O) groups excluding carboxylic acids is 2. The van der Waals surface area contributed by atoms with Crippen LogP contribution < -0.4 is 16.0 Å². The van der Waals surface area contributed by atoms with E-state index in [1.165, 1.54) is 0 Å². The van der Waals surface area contributed by atoms with Crippen LogP contribution in [-0.2, 0) is 9.59 Å². The van der Waals surface area contributed by atoms with Crippen LogP contribution in [0, 0.1) is 0 Å². The average molecular weight is 329 g/mol. The first-order valence-corrected chi connectivity index (χ1v) is 8.70. The first-order valence-electron chi connectivity index (χ1n) is 7.65. The number of hydrogen-bond acceptors (Lipinski definition) is 4. The molecule has 4 atom stereocenters. The summed E-state index contributed by atoms with van der Waals surface area (Å²) in [5.74, 6) is -0.0595. The largest absolute Gasteiger partial charge is 0.481 e. The molecule has 0 aromatic heterocycles. The van der Waals surface area contributed by atoms with Crippen LogP contribution in [0.5, 0.6) is 0 Å². The minimum atomic E-state index is -0.909. The van der Waals surface area contributed by atoms with Gasteiger partial charge in [0, 0.05) is 23.5 Å². The van der Waals surface area contributed by atoms with Gasteiger partial charge < -0.3 is 21.1 Å². The number of amides is 3. The van der Waals surface area contributed by atoms with Crippen molar-refractivity contribution in [2.45, 2.75) is 62.4 Å². The van der Waals surface area contributed by atoms with Crippen molar-refractivity contribution in [3.8, 4) is 0 Å². The molecule has 0 aliphatic carbocycles. The lowest BCUT2D eigenvalue weighted by Gasteiger charge is -2.16. The Hall–Kier alpha value is -1.44. The van der Waals surface area contributed by atoms with Crippen LogP contribution in [0.15, 0.2) is 0 Å². The summed E-state index contributed by atoms with van der Waals surface area (Å²) in [6.07, 6.45) is 3.05. The van der Waals surface area contributed by atoms with E-state index in [0.717, 1.165) is 25.0 Å². The van der Waals surface area contributed by atoms with Crippen LogP contribution in [0.4, 0.5) is 4.79 Å². The number of nitrogens with one attached hydrogen (secondary N) is 3. The Bertz CT molecular complexity index is 446. The van der Waals surface area contributed by atoms with Crippen molar-refractivity contribution in [1.82, 2.24) is 16.0 Å². The van der Waals surface area contributed by atoms with Crippen LogP contribution >= 0.6 is 11.8 Å². The van der Waals surface area contributed by atoms with E-state index in [2.05, 4.69) is 16.0 Å². The van der Waals surface area contributed by atoms with Crippen molar-refractivity contribution in [1.29, 1.82) is 0 Å². The predicted octanol–water partition coefficient (Wildman–Crippen LogP) is 0.692. The number of aliphatic carboxylic acids is 1. The van der Waals surface area contributed by atoms with Crippen LogP contribution in [-0.4, -0.2) is 52.1 Å². The van der Waals surface area contributed by atoms with Gasteiger partial charge in [-0.05, 0) is 19.8 Å². The first kappa shape index (κ1) is 16.9. The molecule has 0 spiro atoms. The maximum absolute atomic E-state index is 11.7. The Morgan fingerprint density at radius 2 is 2.18 bits per heavy atom. The molecule has 0 bridgehead atoms. The van der Waals surface area contributed by atoms with Crippen LogP contribution in [0.25, 0.3) is 0 Å². The minimum absolute atomic E-state index is 0.0553. The molecule has 2 rings (SSSR count). The second kappa shape index (κ2) is 7.71. The molecule has 8 heteroatoms. The highest BCUT2D eigenvalue weighted by Crippen LogP contribution is 2.33. The van der Waals surface area contributed by atoms with Crippen molar-refractivity contribution >= 4 is 29.7 Å². The minimum Gasteiger partial charge on any atom is -0.481 e. The second-order valence-corrected chi connectivity index (χ2v) is 7.21. The Kier molecular flexibility index (Phi) is 5.93. The van der Waals surface area contributed by atoms with Crippen molar-refractivity contribution in [3.63, 3.8) is 0 Å². The van der Waals surface area contributed by atoms with E-state index < -0.39 is 5.97 Å². The van der Waals surface area contributed by atoms with Crippen LogP contribution in [0.2, 0.25) is 0 Å². The Morgan fingerprint density at radius 1 is 1.41 bits per heavy atom. The number of rotatable bonds is 8. The van der Waals surface area contributed by atoms with Crippen LogP contribution in [0.1, 0.15) is 39.0 Å². The van der Waals surface area contributed by atoms with Crippen molar-refractivity contribution in [2.75, 3.05) is 5.75 Å². The number of carbonyl (C=O) groups is 3. The van der Waals surface area contributed by atoms with Gasteiger partial charge in [0.2, 0.25) is 5.91 Å². The standard InChI is InChI=1S/C14H23N3O4S/c1-8(6-12(19)20)15-11(18)5-3-2-4-10-13-9(7-22-10)16-14(21)17-13/h8-10,13H,2-7H2,1H3,(H,15,18)(H,19,20)(H2,16,17,21)/t8?,9-,10-,13-/m0/s1. The van der Waals surface area contributed by atoms with E-state index >= 15 is 0 Å². The average Bonchev–Trinajstić information content (AvgIpc) is 2.93. The van der Waals surface area contributed by atoms with E-state index in [9.17, 15) is 14.4 Å². The highest BCUT2D eigenvalue weighted by molar-refractivity contribution is 8.00. The third-order valence-corrected chi connectivity index (χ3v) is 5.48. The van der Waals surface area contributed by atoms with Gasteiger partial charge in [0.1, 0.15) is 0 Å². The molecule has 2 aliphatic heterocycles. The van der Waals surface area contributed by atoms with Gasteiger partial charge in [0.25, 0.3) is 0 Å². The van der Waals surface area contributed by atoms with E-state index in [0.29, 0.717) is 11.7 Å². The monoisotopic (exact) mass is 329 g/mol. The number of unbranched alkanes of at least 4 members (excludes halogenated alkanes) is 1. The van der Waals surface area contributed by atoms with Crippen LogP contribution in [0.3, 0.4) is 0 Å². The first-order chi connectivity index (χ1) is 10.5. The molecule has 0 aromatic rings. The quantitative estimate of drug-likeness (QED) is 0.387. The molecule has 2 fully saturated rings. The molecule has 2 aliphatic rings. The Morgan fingerprint density at radius 3 is 2.91 bits per heavy atom. The number of carboxylic acids is 1. The lowest BCUT2D eigenvalue weighted by Crippen LogP contribution is -2.36. The third kappa shape index (κ3) is 4.79. The summed E-state index contributed by atoms with van der Waals surface area (Å²) in [6, 6.07) is 0.0348. The smallest absolute Gasteiger partial charge is 0.315 e. The fraction of sp³-hybridized carbons (Fsp3) is 0.786. The third-order valence-electron chi connectivity index (χ3n) is 3.97. The summed E-state index contributed by atoms with van der Waals surface area (Å²) in [6.45, 7) is 1.69. The summed E-state index contributed by atoms with van der Waals surface area (Å²) in [5, 5.41) is 17.6. The van der Waals surface area contributed by atoms with Gasteiger partial charge in [-0.25, -0.2) is 4.79 Å². The molecule has 7 nitrogen and oxygen atoms in total. The number of hydrogen-bond donors (Lipinski definition) is 4. The molecule has 0 radical (unpaired) electrons. The van der Waals surface area contributed by atoms with E-state index in [1.807, 2.05) is 11.8 Å². The molecule has 22 heavy (non-hydrogen) atoms. The zero-order valence-electron chi connectivity index (χ0n) is 12.6. The second-order valence-electron chi connectivity index (χ2n) is 5.93. The molecule has 4 N–H and O–H groups in total. The molecule has 0 saturated carbocycles. The molecule has 1 unspecified atom stereocenters. The van der Waals surface area contributed by atoms with E-state index in [1.54, 1.807) is 6.92 Å². The fourth-order valence-corrected chi connectivity index (χ4v) is 4.48. The van der Waals surface area contributed by atoms with Gasteiger partial charge in [-0.15, -0.1) is 0 Å². The van der Waals surface area contributed by atoms with Gasteiger partial charge in [-0.1, -0.05) is 6.42 Å². The zero-order chi connectivity index (χ0) is 16.1. The van der Waals surface area contributed by atoms with Crippen molar-refractivity contribution < 1.29 is 19.5 Å². The normalized spacial score (nSPS) is 27.7. The fourth-order valence-electron chi connectivity index (χ4n) is 2.93. The Labute approximate surface area is 134 Å². The SMILES string of the molecule is CC(CC(=O)O)NC(=O)CCCC[C@@H]1SC[C@@H]2NC(=O)N[C@@H]21. The summed E-state index contributed by atoms with van der Waals surface area (Å²) in [5.41, 5.74) is 0. The highest BCUT2D eigenvalue weighted by atomic mass is 32.2. The summed E-state index contributed by atoms with van der Waals surface area (Å²) >= 11 is 1.87. The predicted molar refractivity (Wildman–Crippen MR) is 83.8 cm³/mol. The topological polar surface area (TPSA) is 108 Å². The Balaban J connectivity index is 1.58. The molecule has 3 amide bonds. The number of fused-ring (bicyclic) bond motifs is 1. The highest BCUT2D eigenvalue weighted by Gasteiger charge is 2.42. The molecule has 2 saturated heterocycles. The molecule has 2 heterocycles. The maximum Gasteiger partial charge on any atom is 0.315 e. The number of urea groups is 1. The molecular weight excluding hydrogens is 306 g/mol. The molecule has 0 aromatic carbocycles. The van der Waals surface area contributed by atoms with Crippen molar-refractivity contribution in [3.05, 3.63) is 0 Å². The molecular formula is C14H23N3O4S. The summed E-state index contributed by atoms with van der Waals surface area (Å²) < 4.78 is 0. The van der Waals surface area contributed by atoms with E-state index in [4.69, 9.17) is 5.11 Å². The van der Waals surface area contributed by atoms with Gasteiger partial charge in [0.15, 0.2) is 0 Å².